The summed E-state index contributed by atoms with van der Waals surface area (Å²) in [5.41, 5.74) is 3.16. The molecule has 0 spiro atoms. The van der Waals surface area contributed by atoms with Crippen LogP contribution in [0.1, 0.15) is 30.8 Å². The number of hydrogen-bond donors (Lipinski definition) is 2. The average molecular weight is 366 g/mol. The lowest BCUT2D eigenvalue weighted by Gasteiger charge is -2.14. The topological polar surface area (TPSA) is 70.7 Å². The molecule has 0 aliphatic rings. The average Bonchev–Trinajstić information content (AvgIpc) is 3.18. The first-order chi connectivity index (χ1) is 12.8. The zero-order valence-corrected chi connectivity index (χ0v) is 15.5. The molecule has 1 aromatic carbocycles. The van der Waals surface area contributed by atoms with Crippen LogP contribution in [-0.2, 0) is 10.5 Å². The van der Waals surface area contributed by atoms with Crippen LogP contribution in [0.4, 0.5) is 0 Å². The number of thioether (sulfide) groups is 1. The van der Waals surface area contributed by atoms with E-state index in [0.29, 0.717) is 5.75 Å². The SMILES string of the molecule is CC[C@H](NC(=O)CSCc1cccnc1)c1ncc(-c2ccccc2)[nH]1. The van der Waals surface area contributed by atoms with Crippen LogP contribution in [0.5, 0.6) is 0 Å². The Kier molecular flexibility index (Phi) is 6.44. The summed E-state index contributed by atoms with van der Waals surface area (Å²) in [5.74, 6) is 1.99. The van der Waals surface area contributed by atoms with Gasteiger partial charge in [0.15, 0.2) is 0 Å². The van der Waals surface area contributed by atoms with Crippen LogP contribution >= 0.6 is 11.8 Å². The maximum atomic E-state index is 12.3. The van der Waals surface area contributed by atoms with E-state index in [9.17, 15) is 4.79 Å². The molecule has 0 bridgehead atoms. The largest absolute Gasteiger partial charge is 0.345 e. The predicted molar refractivity (Wildman–Crippen MR) is 106 cm³/mol. The van der Waals surface area contributed by atoms with Crippen molar-refractivity contribution in [2.75, 3.05) is 5.75 Å². The number of aromatic nitrogens is 3. The van der Waals surface area contributed by atoms with E-state index in [1.165, 1.54) is 0 Å². The van der Waals surface area contributed by atoms with Crippen molar-refractivity contribution in [2.45, 2.75) is 25.1 Å². The molecule has 0 fully saturated rings. The van der Waals surface area contributed by atoms with Gasteiger partial charge in [0, 0.05) is 18.1 Å². The van der Waals surface area contributed by atoms with Crippen molar-refractivity contribution in [2.24, 2.45) is 0 Å². The molecule has 0 saturated heterocycles. The summed E-state index contributed by atoms with van der Waals surface area (Å²) in [7, 11) is 0. The first-order valence-electron chi connectivity index (χ1n) is 8.62. The molecule has 0 saturated carbocycles. The van der Waals surface area contributed by atoms with Crippen molar-refractivity contribution in [3.63, 3.8) is 0 Å². The fourth-order valence-electron chi connectivity index (χ4n) is 2.62. The first-order valence-corrected chi connectivity index (χ1v) is 9.78. The summed E-state index contributed by atoms with van der Waals surface area (Å²) in [4.78, 5) is 24.1. The lowest BCUT2D eigenvalue weighted by molar-refractivity contribution is -0.119. The number of pyridine rings is 1. The number of carbonyl (C=O) groups excluding carboxylic acids is 1. The molecule has 0 aliphatic carbocycles. The van der Waals surface area contributed by atoms with E-state index >= 15 is 0 Å². The predicted octanol–water partition coefficient (Wildman–Crippen LogP) is 3.97. The van der Waals surface area contributed by atoms with E-state index in [1.807, 2.05) is 61.8 Å². The van der Waals surface area contributed by atoms with Crippen molar-refractivity contribution in [1.82, 2.24) is 20.3 Å². The van der Waals surface area contributed by atoms with Crippen LogP contribution in [0, 0.1) is 0 Å². The molecule has 134 valence electrons. The number of H-pyrrole nitrogens is 1. The van der Waals surface area contributed by atoms with E-state index in [-0.39, 0.29) is 11.9 Å². The lowest BCUT2D eigenvalue weighted by Crippen LogP contribution is -2.30. The zero-order valence-electron chi connectivity index (χ0n) is 14.7. The maximum absolute atomic E-state index is 12.3. The van der Waals surface area contributed by atoms with Crippen molar-refractivity contribution in [3.8, 4) is 11.3 Å². The summed E-state index contributed by atoms with van der Waals surface area (Å²) in [6.07, 6.45) is 6.17. The first kappa shape index (κ1) is 18.2. The second-order valence-corrected chi connectivity index (χ2v) is 6.92. The molecule has 2 aromatic heterocycles. The van der Waals surface area contributed by atoms with Gasteiger partial charge in [-0.3, -0.25) is 9.78 Å². The molecule has 0 aliphatic heterocycles. The van der Waals surface area contributed by atoms with Gasteiger partial charge in [0.05, 0.1) is 23.7 Å². The van der Waals surface area contributed by atoms with Crippen LogP contribution in [-0.4, -0.2) is 26.6 Å². The van der Waals surface area contributed by atoms with Gasteiger partial charge in [-0.2, -0.15) is 0 Å². The van der Waals surface area contributed by atoms with Crippen LogP contribution in [0.25, 0.3) is 11.3 Å². The molecule has 5 nitrogen and oxygen atoms in total. The number of carbonyl (C=O) groups is 1. The fraction of sp³-hybridized carbons (Fsp3) is 0.250. The van der Waals surface area contributed by atoms with E-state index in [4.69, 9.17) is 0 Å². The van der Waals surface area contributed by atoms with Gasteiger partial charge >= 0.3 is 0 Å². The Balaban J connectivity index is 1.54. The summed E-state index contributed by atoms with van der Waals surface area (Å²) < 4.78 is 0. The van der Waals surface area contributed by atoms with Crippen molar-refractivity contribution >= 4 is 17.7 Å². The van der Waals surface area contributed by atoms with Crippen LogP contribution in [0.15, 0.2) is 61.1 Å². The number of hydrogen-bond acceptors (Lipinski definition) is 4. The molecule has 0 radical (unpaired) electrons. The van der Waals surface area contributed by atoms with Gasteiger partial charge in [0.25, 0.3) is 0 Å². The Morgan fingerprint density at radius 2 is 2.04 bits per heavy atom. The number of amides is 1. The van der Waals surface area contributed by atoms with Gasteiger partial charge < -0.3 is 10.3 Å². The van der Waals surface area contributed by atoms with Gasteiger partial charge in [-0.05, 0) is 23.6 Å². The zero-order chi connectivity index (χ0) is 18.2. The third kappa shape index (κ3) is 4.95. The van der Waals surface area contributed by atoms with Crippen LogP contribution in [0.3, 0.4) is 0 Å². The smallest absolute Gasteiger partial charge is 0.230 e. The Hall–Kier alpha value is -2.60. The summed E-state index contributed by atoms with van der Waals surface area (Å²) in [5, 5.41) is 3.06. The summed E-state index contributed by atoms with van der Waals surface area (Å²) >= 11 is 1.58. The lowest BCUT2D eigenvalue weighted by atomic mass is 10.2. The number of nitrogens with zero attached hydrogens (tertiary/aromatic N) is 2. The van der Waals surface area contributed by atoms with Crippen molar-refractivity contribution in [3.05, 3.63) is 72.4 Å². The van der Waals surface area contributed by atoms with E-state index in [0.717, 1.165) is 34.8 Å². The molecule has 1 atom stereocenters. The van der Waals surface area contributed by atoms with Gasteiger partial charge in [-0.25, -0.2) is 4.98 Å². The minimum Gasteiger partial charge on any atom is -0.345 e. The molecular weight excluding hydrogens is 344 g/mol. The molecule has 6 heteroatoms. The van der Waals surface area contributed by atoms with Crippen molar-refractivity contribution in [1.29, 1.82) is 0 Å². The van der Waals surface area contributed by atoms with Crippen LogP contribution in [0.2, 0.25) is 0 Å². The van der Waals surface area contributed by atoms with Gasteiger partial charge in [-0.15, -0.1) is 11.8 Å². The highest BCUT2D eigenvalue weighted by molar-refractivity contribution is 7.99. The third-order valence-corrected chi connectivity index (χ3v) is 4.98. The number of aromatic amines is 1. The quantitative estimate of drug-likeness (QED) is 0.633. The fourth-order valence-corrected chi connectivity index (χ4v) is 3.40. The molecular formula is C20H22N4OS. The number of nitrogens with one attached hydrogen (secondary N) is 2. The summed E-state index contributed by atoms with van der Waals surface area (Å²) in [6.45, 7) is 2.04. The van der Waals surface area contributed by atoms with E-state index < -0.39 is 0 Å². The normalized spacial score (nSPS) is 11.9. The molecule has 26 heavy (non-hydrogen) atoms. The molecule has 2 N–H and O–H groups in total. The van der Waals surface area contributed by atoms with Crippen molar-refractivity contribution < 1.29 is 4.79 Å². The number of rotatable bonds is 8. The summed E-state index contributed by atoms with van der Waals surface area (Å²) in [6, 6.07) is 13.9. The second kappa shape index (κ2) is 9.20. The Labute approximate surface area is 157 Å². The van der Waals surface area contributed by atoms with Gasteiger partial charge in [-0.1, -0.05) is 43.3 Å². The highest BCUT2D eigenvalue weighted by Crippen LogP contribution is 2.20. The Bertz CT molecular complexity index is 820. The minimum atomic E-state index is -0.112. The van der Waals surface area contributed by atoms with Crippen LogP contribution < -0.4 is 5.32 Å². The highest BCUT2D eigenvalue weighted by atomic mass is 32.2. The van der Waals surface area contributed by atoms with Gasteiger partial charge in [0.1, 0.15) is 5.82 Å². The van der Waals surface area contributed by atoms with E-state index in [2.05, 4.69) is 20.3 Å². The third-order valence-electron chi connectivity index (χ3n) is 3.98. The Morgan fingerprint density at radius 3 is 2.77 bits per heavy atom. The molecule has 2 heterocycles. The molecule has 0 unspecified atom stereocenters. The molecule has 1 amide bonds. The highest BCUT2D eigenvalue weighted by Gasteiger charge is 2.16. The minimum absolute atomic E-state index is 0.0170. The van der Waals surface area contributed by atoms with E-state index in [1.54, 1.807) is 18.0 Å². The standard InChI is InChI=1S/C20H22N4OS/c1-2-17(20-22-12-18(24-20)16-8-4-3-5-9-16)23-19(25)14-26-13-15-7-6-10-21-11-15/h3-12,17H,2,13-14H2,1H3,(H,22,24)(H,23,25)/t17-/m0/s1. The number of benzene rings is 1. The van der Waals surface area contributed by atoms with Gasteiger partial charge in [0.2, 0.25) is 5.91 Å². The molecule has 3 aromatic rings. The monoisotopic (exact) mass is 366 g/mol. The molecule has 3 rings (SSSR count). The maximum Gasteiger partial charge on any atom is 0.230 e. The number of imidazole rings is 1. The second-order valence-electron chi connectivity index (χ2n) is 5.93. The Morgan fingerprint density at radius 1 is 1.19 bits per heavy atom.